The molecule has 4 rings (SSSR count). The molecule has 28 heavy (non-hydrogen) atoms. The van der Waals surface area contributed by atoms with Crippen LogP contribution in [-0.4, -0.2) is 97.7 Å². The summed E-state index contributed by atoms with van der Waals surface area (Å²) in [5, 5.41) is 0. The second kappa shape index (κ2) is 8.18. The number of ether oxygens (including phenoxy) is 2. The number of morpholine rings is 1. The van der Waals surface area contributed by atoms with Crippen LogP contribution in [0.2, 0.25) is 0 Å². The highest BCUT2D eigenvalue weighted by Crippen LogP contribution is 2.41. The number of hydrogen-bond acceptors (Lipinski definition) is 8. The van der Waals surface area contributed by atoms with E-state index in [1.165, 1.54) is 13.4 Å². The summed E-state index contributed by atoms with van der Waals surface area (Å²) < 4.78 is 15.4. The maximum Gasteiger partial charge on any atom is 0.360 e. The molecule has 3 aliphatic heterocycles. The number of carbonyl (C=O) groups excluding carboxylic acids is 2. The third-order valence-corrected chi connectivity index (χ3v) is 6.13. The zero-order chi connectivity index (χ0) is 19.6. The minimum absolute atomic E-state index is 0.178. The van der Waals surface area contributed by atoms with Crippen molar-refractivity contribution in [1.29, 1.82) is 0 Å². The molecule has 3 fully saturated rings. The maximum atomic E-state index is 13.1. The molecule has 154 valence electrons. The van der Waals surface area contributed by atoms with Gasteiger partial charge in [0.05, 0.1) is 32.3 Å². The van der Waals surface area contributed by atoms with Gasteiger partial charge in [0.2, 0.25) is 11.8 Å². The number of esters is 1. The van der Waals surface area contributed by atoms with Crippen LogP contribution >= 0.6 is 0 Å². The van der Waals surface area contributed by atoms with Crippen LogP contribution in [0.1, 0.15) is 29.2 Å². The van der Waals surface area contributed by atoms with Crippen molar-refractivity contribution in [3.8, 4) is 0 Å². The van der Waals surface area contributed by atoms with Crippen LogP contribution < -0.4 is 0 Å². The Morgan fingerprint density at radius 1 is 1.18 bits per heavy atom. The van der Waals surface area contributed by atoms with Gasteiger partial charge in [0.1, 0.15) is 6.26 Å². The Morgan fingerprint density at radius 2 is 1.96 bits per heavy atom. The summed E-state index contributed by atoms with van der Waals surface area (Å²) in [4.78, 5) is 35.4. The lowest BCUT2D eigenvalue weighted by Gasteiger charge is -2.29. The van der Waals surface area contributed by atoms with E-state index >= 15 is 0 Å². The molecule has 0 saturated carbocycles. The Balaban J connectivity index is 1.29. The van der Waals surface area contributed by atoms with Gasteiger partial charge in [0.15, 0.2) is 5.69 Å². The molecule has 1 amide bonds. The van der Waals surface area contributed by atoms with Crippen LogP contribution in [0.5, 0.6) is 0 Å². The average Bonchev–Trinajstić information content (AvgIpc) is 3.43. The van der Waals surface area contributed by atoms with Gasteiger partial charge in [-0.3, -0.25) is 14.6 Å². The molecule has 1 aromatic heterocycles. The monoisotopic (exact) mass is 392 g/mol. The molecule has 1 spiro atoms. The first-order chi connectivity index (χ1) is 13.6. The van der Waals surface area contributed by atoms with Crippen LogP contribution in [-0.2, 0) is 20.8 Å². The molecule has 9 heteroatoms. The highest BCUT2D eigenvalue weighted by atomic mass is 16.5. The van der Waals surface area contributed by atoms with Crippen molar-refractivity contribution in [2.45, 2.75) is 19.4 Å². The number of hydrogen-bond donors (Lipinski definition) is 0. The number of methoxy groups -OCH3 is 1. The third kappa shape index (κ3) is 3.92. The van der Waals surface area contributed by atoms with Gasteiger partial charge in [0, 0.05) is 39.3 Å². The van der Waals surface area contributed by atoms with E-state index in [9.17, 15) is 9.59 Å². The van der Waals surface area contributed by atoms with E-state index < -0.39 is 5.97 Å². The van der Waals surface area contributed by atoms with E-state index in [2.05, 4.69) is 19.5 Å². The summed E-state index contributed by atoms with van der Waals surface area (Å²) in [5.74, 6) is 0.257. The molecule has 3 aliphatic rings. The van der Waals surface area contributed by atoms with Crippen LogP contribution in [0.25, 0.3) is 0 Å². The van der Waals surface area contributed by atoms with Gasteiger partial charge in [-0.25, -0.2) is 9.78 Å². The van der Waals surface area contributed by atoms with Crippen molar-refractivity contribution in [1.82, 2.24) is 19.7 Å². The molecule has 1 unspecified atom stereocenters. The summed E-state index contributed by atoms with van der Waals surface area (Å²) >= 11 is 0. The molecule has 0 aliphatic carbocycles. The van der Waals surface area contributed by atoms with Crippen molar-refractivity contribution >= 4 is 11.9 Å². The van der Waals surface area contributed by atoms with Gasteiger partial charge in [-0.15, -0.1) is 0 Å². The van der Waals surface area contributed by atoms with E-state index in [0.29, 0.717) is 12.4 Å². The zero-order valence-corrected chi connectivity index (χ0v) is 16.4. The number of amides is 1. The third-order valence-electron chi connectivity index (χ3n) is 6.13. The van der Waals surface area contributed by atoms with Gasteiger partial charge in [-0.1, -0.05) is 0 Å². The second-order valence-electron chi connectivity index (χ2n) is 7.86. The Labute approximate surface area is 164 Å². The molecular weight excluding hydrogens is 364 g/mol. The summed E-state index contributed by atoms with van der Waals surface area (Å²) in [6.45, 7) is 8.06. The number of rotatable bonds is 6. The van der Waals surface area contributed by atoms with E-state index in [4.69, 9.17) is 9.15 Å². The topological polar surface area (TPSA) is 88.4 Å². The highest BCUT2D eigenvalue weighted by molar-refractivity contribution is 5.86. The number of likely N-dealkylation sites (tertiary alicyclic amines) is 2. The molecule has 1 atom stereocenters. The predicted octanol–water partition coefficient (Wildman–Crippen LogP) is 0.218. The highest BCUT2D eigenvalue weighted by Gasteiger charge is 2.50. The molecule has 3 saturated heterocycles. The first kappa shape index (κ1) is 19.4. The fourth-order valence-electron chi connectivity index (χ4n) is 4.44. The van der Waals surface area contributed by atoms with Gasteiger partial charge in [-0.2, -0.15) is 0 Å². The summed E-state index contributed by atoms with van der Waals surface area (Å²) in [6, 6.07) is 0. The van der Waals surface area contributed by atoms with Crippen molar-refractivity contribution in [2.24, 2.45) is 5.41 Å². The van der Waals surface area contributed by atoms with Gasteiger partial charge >= 0.3 is 5.97 Å². The molecule has 9 nitrogen and oxygen atoms in total. The lowest BCUT2D eigenvalue weighted by Crippen LogP contribution is -2.43. The van der Waals surface area contributed by atoms with E-state index in [1.54, 1.807) is 0 Å². The van der Waals surface area contributed by atoms with E-state index in [0.717, 1.165) is 71.9 Å². The molecule has 0 aromatic carbocycles. The quantitative estimate of drug-likeness (QED) is 0.636. The lowest BCUT2D eigenvalue weighted by atomic mass is 9.85. The molecule has 4 heterocycles. The number of carbonyl (C=O) groups is 2. The summed E-state index contributed by atoms with van der Waals surface area (Å²) in [6.07, 6.45) is 3.09. The smallest absolute Gasteiger partial charge is 0.360 e. The fraction of sp³-hybridized carbons (Fsp3) is 0.737. The minimum atomic E-state index is -0.505. The first-order valence-corrected chi connectivity index (χ1v) is 9.94. The molecule has 0 radical (unpaired) electrons. The van der Waals surface area contributed by atoms with E-state index in [1.807, 2.05) is 4.90 Å². The second-order valence-corrected chi connectivity index (χ2v) is 7.86. The van der Waals surface area contributed by atoms with E-state index in [-0.39, 0.29) is 17.0 Å². The fourth-order valence-corrected chi connectivity index (χ4v) is 4.44. The van der Waals surface area contributed by atoms with Crippen molar-refractivity contribution in [3.05, 3.63) is 17.8 Å². The van der Waals surface area contributed by atoms with Crippen molar-refractivity contribution < 1.29 is 23.5 Å². The first-order valence-electron chi connectivity index (χ1n) is 9.94. The Kier molecular flexibility index (Phi) is 5.65. The Morgan fingerprint density at radius 3 is 2.75 bits per heavy atom. The average molecular weight is 392 g/mol. The van der Waals surface area contributed by atoms with Crippen molar-refractivity contribution in [3.63, 3.8) is 0 Å². The van der Waals surface area contributed by atoms with Crippen LogP contribution in [0.3, 0.4) is 0 Å². The summed E-state index contributed by atoms with van der Waals surface area (Å²) in [7, 11) is 1.32. The van der Waals surface area contributed by atoms with Gasteiger partial charge in [0.25, 0.3) is 0 Å². The molecule has 0 bridgehead atoms. The number of nitrogens with zero attached hydrogens (tertiary/aromatic N) is 4. The van der Waals surface area contributed by atoms with Crippen LogP contribution in [0.4, 0.5) is 0 Å². The van der Waals surface area contributed by atoms with Crippen LogP contribution in [0, 0.1) is 5.41 Å². The predicted molar refractivity (Wildman–Crippen MR) is 98.6 cm³/mol. The molecule has 0 N–H and O–H groups in total. The minimum Gasteiger partial charge on any atom is -0.464 e. The largest absolute Gasteiger partial charge is 0.464 e. The maximum absolute atomic E-state index is 13.1. The Bertz CT molecular complexity index is 717. The number of oxazole rings is 1. The standard InChI is InChI=1S/C19H28N4O5/c1-26-17(24)15-13-28-16(20-15)12-22-4-2-19(14-22)3-5-23(18(19)25)7-6-21-8-10-27-11-9-21/h13H,2-12,14H2,1H3. The van der Waals surface area contributed by atoms with Crippen molar-refractivity contribution in [2.75, 3.05) is 66.1 Å². The lowest BCUT2D eigenvalue weighted by molar-refractivity contribution is -0.135. The zero-order valence-electron chi connectivity index (χ0n) is 16.4. The normalized spacial score (nSPS) is 26.5. The van der Waals surface area contributed by atoms with Gasteiger partial charge < -0.3 is 18.8 Å². The number of aromatic nitrogens is 1. The van der Waals surface area contributed by atoms with Crippen LogP contribution in [0.15, 0.2) is 10.7 Å². The SMILES string of the molecule is COC(=O)c1coc(CN2CCC3(CCN(CCN4CCOCC4)C3=O)C2)n1. The molecule has 1 aromatic rings. The Hall–Kier alpha value is -1.97. The summed E-state index contributed by atoms with van der Waals surface area (Å²) in [5.41, 5.74) is -0.0966. The molecular formula is C19H28N4O5. The van der Waals surface area contributed by atoms with Gasteiger partial charge in [-0.05, 0) is 19.4 Å².